The number of hydrogen-bond donors (Lipinski definition) is 1. The molecule has 0 amide bonds. The van der Waals surface area contributed by atoms with Gasteiger partial charge in [-0.3, -0.25) is 4.98 Å². The second-order valence-electron chi connectivity index (χ2n) is 8.82. The Morgan fingerprint density at radius 1 is 1.06 bits per heavy atom. The van der Waals surface area contributed by atoms with Crippen LogP contribution in [0.2, 0.25) is 5.02 Å². The summed E-state index contributed by atoms with van der Waals surface area (Å²) in [4.78, 5) is 6.69. The lowest BCUT2D eigenvalue weighted by molar-refractivity contribution is 0.242. The van der Waals surface area contributed by atoms with Crippen molar-refractivity contribution in [2.45, 2.75) is 39.0 Å². The van der Waals surface area contributed by atoms with Crippen molar-refractivity contribution in [2.24, 2.45) is 0 Å². The monoisotopic (exact) mass is 503 g/mol. The zero-order valence-electron chi connectivity index (χ0n) is 19.7. The molecule has 1 fully saturated rings. The summed E-state index contributed by atoms with van der Waals surface area (Å²) in [5.41, 5.74) is 3.89. The molecule has 4 aromatic rings. The van der Waals surface area contributed by atoms with Crippen molar-refractivity contribution in [2.75, 3.05) is 4.90 Å². The lowest BCUT2D eigenvalue weighted by Gasteiger charge is -2.26. The summed E-state index contributed by atoms with van der Waals surface area (Å²) >= 11 is 12.1. The molecule has 1 saturated heterocycles. The summed E-state index contributed by atoms with van der Waals surface area (Å²) in [5, 5.41) is 4.75. The van der Waals surface area contributed by atoms with Crippen LogP contribution in [0.4, 0.5) is 5.69 Å². The van der Waals surface area contributed by atoms with Gasteiger partial charge in [0.05, 0.1) is 17.8 Å². The highest BCUT2D eigenvalue weighted by Crippen LogP contribution is 2.43. The van der Waals surface area contributed by atoms with Crippen molar-refractivity contribution in [1.82, 2.24) is 10.3 Å². The van der Waals surface area contributed by atoms with Crippen LogP contribution in [0, 0.1) is 6.92 Å². The summed E-state index contributed by atoms with van der Waals surface area (Å²) in [7, 11) is 0. The van der Waals surface area contributed by atoms with Crippen molar-refractivity contribution in [3.63, 3.8) is 0 Å². The maximum Gasteiger partial charge on any atom is 0.174 e. The smallest absolute Gasteiger partial charge is 0.174 e. The van der Waals surface area contributed by atoms with E-state index in [-0.39, 0.29) is 18.2 Å². The van der Waals surface area contributed by atoms with Crippen LogP contribution in [0.1, 0.15) is 42.9 Å². The third-order valence-electron chi connectivity index (χ3n) is 5.97. The van der Waals surface area contributed by atoms with E-state index >= 15 is 0 Å². The Bertz CT molecular complexity index is 1340. The first-order valence-electron chi connectivity index (χ1n) is 11.5. The molecule has 0 radical (unpaired) electrons. The largest absolute Gasteiger partial charge is 0.491 e. The van der Waals surface area contributed by atoms with Crippen molar-refractivity contribution >= 4 is 34.6 Å². The highest BCUT2D eigenvalue weighted by Gasteiger charge is 2.42. The van der Waals surface area contributed by atoms with E-state index in [1.165, 1.54) is 0 Å². The average Bonchev–Trinajstić information content (AvgIpc) is 3.46. The molecule has 2 aromatic heterocycles. The van der Waals surface area contributed by atoms with Gasteiger partial charge in [0.25, 0.3) is 0 Å². The number of hydrogen-bond acceptors (Lipinski definition) is 4. The molecular formula is C28H26ClN3O2S. The minimum Gasteiger partial charge on any atom is -0.491 e. The van der Waals surface area contributed by atoms with Crippen LogP contribution in [0.25, 0.3) is 11.3 Å². The fourth-order valence-corrected chi connectivity index (χ4v) is 4.91. The molecule has 5 nitrogen and oxygen atoms in total. The van der Waals surface area contributed by atoms with Crippen molar-refractivity contribution in [3.05, 3.63) is 101 Å². The minimum atomic E-state index is -0.234. The first kappa shape index (κ1) is 23.4. The number of aryl methyl sites for hydroxylation is 1. The number of pyridine rings is 1. The molecule has 0 spiro atoms. The maximum absolute atomic E-state index is 6.47. The van der Waals surface area contributed by atoms with E-state index in [9.17, 15) is 0 Å². The molecule has 35 heavy (non-hydrogen) atoms. The summed E-state index contributed by atoms with van der Waals surface area (Å²) in [6, 6.07) is 23.2. The van der Waals surface area contributed by atoms with E-state index in [0.717, 1.165) is 39.8 Å². The fraction of sp³-hybridized carbons (Fsp3) is 0.214. The Hall–Kier alpha value is -3.35. The molecule has 0 saturated carbocycles. The first-order valence-corrected chi connectivity index (χ1v) is 12.3. The predicted molar refractivity (Wildman–Crippen MR) is 144 cm³/mol. The van der Waals surface area contributed by atoms with Gasteiger partial charge in [-0.1, -0.05) is 23.7 Å². The van der Waals surface area contributed by atoms with E-state index in [1.807, 2.05) is 93.6 Å². The second-order valence-corrected chi connectivity index (χ2v) is 9.64. The molecule has 3 heterocycles. The quantitative estimate of drug-likeness (QED) is 0.279. The highest BCUT2D eigenvalue weighted by atomic mass is 35.5. The van der Waals surface area contributed by atoms with Crippen LogP contribution in [-0.4, -0.2) is 16.2 Å². The molecule has 178 valence electrons. The third-order valence-corrected chi connectivity index (χ3v) is 6.52. The summed E-state index contributed by atoms with van der Waals surface area (Å²) in [6.45, 7) is 6.07. The Balaban J connectivity index is 1.56. The van der Waals surface area contributed by atoms with E-state index in [1.54, 1.807) is 6.20 Å². The minimum absolute atomic E-state index is 0.105. The Morgan fingerprint density at radius 2 is 1.86 bits per heavy atom. The molecular weight excluding hydrogens is 478 g/mol. The topological polar surface area (TPSA) is 50.5 Å². The maximum atomic E-state index is 6.47. The van der Waals surface area contributed by atoms with Gasteiger partial charge in [-0.2, -0.15) is 0 Å². The summed E-state index contributed by atoms with van der Waals surface area (Å²) in [5.74, 6) is 2.36. The number of nitrogens with one attached hydrogen (secondary N) is 1. The lowest BCUT2D eigenvalue weighted by atomic mass is 10.0. The average molecular weight is 504 g/mol. The van der Waals surface area contributed by atoms with Gasteiger partial charge in [0.1, 0.15) is 23.3 Å². The van der Waals surface area contributed by atoms with Crippen molar-refractivity contribution in [3.8, 4) is 17.1 Å². The zero-order valence-corrected chi connectivity index (χ0v) is 21.3. The van der Waals surface area contributed by atoms with Crippen LogP contribution in [0.5, 0.6) is 5.75 Å². The lowest BCUT2D eigenvalue weighted by Crippen LogP contribution is -2.29. The predicted octanol–water partition coefficient (Wildman–Crippen LogP) is 7.27. The Labute approximate surface area is 215 Å². The molecule has 0 bridgehead atoms. The van der Waals surface area contributed by atoms with Crippen molar-refractivity contribution in [1.29, 1.82) is 0 Å². The van der Waals surface area contributed by atoms with Crippen LogP contribution in [0.15, 0.2) is 83.4 Å². The van der Waals surface area contributed by atoms with Crippen molar-refractivity contribution < 1.29 is 9.15 Å². The van der Waals surface area contributed by atoms with Gasteiger partial charge in [0.2, 0.25) is 0 Å². The van der Waals surface area contributed by atoms with Gasteiger partial charge < -0.3 is 19.4 Å². The molecule has 2 atom stereocenters. The van der Waals surface area contributed by atoms with Crippen LogP contribution >= 0.6 is 23.8 Å². The number of thiocarbonyl (C=S) groups is 1. The SMILES string of the molecule is Cc1ccc(Cl)cc1-c1ccc([C@@H]2[C@H](c3ccccn3)NC(=S)N2c2ccc(OC(C)C)cc2)o1. The number of benzene rings is 2. The van der Waals surface area contributed by atoms with E-state index < -0.39 is 0 Å². The molecule has 0 aliphatic carbocycles. The van der Waals surface area contributed by atoms with Gasteiger partial charge in [-0.05, 0) is 99.2 Å². The van der Waals surface area contributed by atoms with Gasteiger partial charge >= 0.3 is 0 Å². The van der Waals surface area contributed by atoms with Crippen LogP contribution in [0.3, 0.4) is 0 Å². The number of anilines is 1. The molecule has 1 aliphatic rings. The fourth-order valence-electron chi connectivity index (χ4n) is 4.40. The van der Waals surface area contributed by atoms with Gasteiger partial charge in [0.15, 0.2) is 5.11 Å². The normalized spacial score (nSPS) is 17.6. The highest BCUT2D eigenvalue weighted by molar-refractivity contribution is 7.80. The van der Waals surface area contributed by atoms with Gasteiger partial charge in [-0.15, -0.1) is 0 Å². The number of halogens is 1. The number of aromatic nitrogens is 1. The molecule has 0 unspecified atom stereocenters. The first-order chi connectivity index (χ1) is 16.9. The van der Waals surface area contributed by atoms with Gasteiger partial charge in [0, 0.05) is 22.5 Å². The standard InChI is InChI=1S/C28H26ClN3O2S/c1-17(2)33-21-11-9-20(10-12-21)32-27(26(31-28(32)35)23-6-4-5-15-30-23)25-14-13-24(34-25)22-16-19(29)8-7-18(22)3/h4-17,26-27H,1-3H3,(H,31,35)/t26-,27+/m0/s1. The number of furan rings is 1. The molecule has 2 aromatic carbocycles. The molecule has 7 heteroatoms. The summed E-state index contributed by atoms with van der Waals surface area (Å²) in [6.07, 6.45) is 1.90. The van der Waals surface area contributed by atoms with Crippen LogP contribution < -0.4 is 15.0 Å². The van der Waals surface area contributed by atoms with E-state index in [0.29, 0.717) is 10.1 Å². The summed E-state index contributed by atoms with van der Waals surface area (Å²) < 4.78 is 12.3. The number of nitrogens with zero attached hydrogens (tertiary/aromatic N) is 2. The van der Waals surface area contributed by atoms with Gasteiger partial charge in [-0.25, -0.2) is 0 Å². The Morgan fingerprint density at radius 3 is 2.57 bits per heavy atom. The van der Waals surface area contributed by atoms with Crippen LogP contribution in [-0.2, 0) is 0 Å². The van der Waals surface area contributed by atoms with E-state index in [4.69, 9.17) is 33.0 Å². The van der Waals surface area contributed by atoms with E-state index in [2.05, 4.69) is 15.2 Å². The molecule has 5 rings (SSSR count). The molecule has 1 N–H and O–H groups in total. The zero-order chi connectivity index (χ0) is 24.5. The third kappa shape index (κ3) is 4.77. The number of ether oxygens (including phenoxy) is 1. The second kappa shape index (κ2) is 9.72. The molecule has 1 aliphatic heterocycles. The number of rotatable bonds is 6. The Kier molecular flexibility index (Phi) is 6.50.